The molecule has 4 rings (SSSR count). The van der Waals surface area contributed by atoms with E-state index >= 15 is 0 Å². The second-order valence-electron chi connectivity index (χ2n) is 5.42. The molecule has 0 N–H and O–H groups in total. The minimum Gasteiger partial charge on any atom is -0.454 e. The predicted octanol–water partition coefficient (Wildman–Crippen LogP) is 5.91. The van der Waals surface area contributed by atoms with E-state index in [1.807, 2.05) is 23.6 Å². The van der Waals surface area contributed by atoms with Gasteiger partial charge in [-0.25, -0.2) is 4.98 Å². The number of thiazole rings is 1. The van der Waals surface area contributed by atoms with E-state index in [2.05, 4.69) is 11.1 Å². The Kier molecular flexibility index (Phi) is 4.56. The van der Waals surface area contributed by atoms with Crippen molar-refractivity contribution < 1.29 is 9.47 Å². The standard InChI is InChI=1S/C19H10Cl2N2O2S/c20-14-3-1-2-12(18(14)21)6-13(8-22)19-23-15(9-26-19)11-4-5-16-17(7-11)25-10-24-16/h1-7,9H,10H2/b13-6+. The normalized spacial score (nSPS) is 12.9. The SMILES string of the molecule is N#C/C(=C\c1cccc(Cl)c1Cl)c1nc(-c2ccc3c(c2)OCO3)cs1. The van der Waals surface area contributed by atoms with Crippen molar-refractivity contribution in [2.45, 2.75) is 0 Å². The molecule has 0 atom stereocenters. The quantitative estimate of drug-likeness (QED) is 0.512. The number of hydrogen-bond donors (Lipinski definition) is 0. The number of halogens is 2. The Morgan fingerprint density at radius 1 is 1.19 bits per heavy atom. The summed E-state index contributed by atoms with van der Waals surface area (Å²) in [4.78, 5) is 4.58. The van der Waals surface area contributed by atoms with Gasteiger partial charge in [0.2, 0.25) is 6.79 Å². The fourth-order valence-corrected chi connectivity index (χ4v) is 3.67. The zero-order valence-corrected chi connectivity index (χ0v) is 15.5. The van der Waals surface area contributed by atoms with Crippen LogP contribution >= 0.6 is 34.5 Å². The van der Waals surface area contributed by atoms with Gasteiger partial charge in [0.05, 0.1) is 21.3 Å². The highest BCUT2D eigenvalue weighted by atomic mass is 35.5. The summed E-state index contributed by atoms with van der Waals surface area (Å²) in [6, 6.07) is 13.1. The van der Waals surface area contributed by atoms with E-state index in [0.717, 1.165) is 17.0 Å². The summed E-state index contributed by atoms with van der Waals surface area (Å²) >= 11 is 13.6. The summed E-state index contributed by atoms with van der Waals surface area (Å²) < 4.78 is 10.7. The van der Waals surface area contributed by atoms with Crippen molar-refractivity contribution in [1.82, 2.24) is 4.98 Å². The first-order chi connectivity index (χ1) is 12.7. The van der Waals surface area contributed by atoms with E-state index in [1.165, 1.54) is 11.3 Å². The lowest BCUT2D eigenvalue weighted by atomic mass is 10.1. The second-order valence-corrected chi connectivity index (χ2v) is 7.06. The fourth-order valence-electron chi connectivity index (χ4n) is 2.52. The molecule has 7 heteroatoms. The van der Waals surface area contributed by atoms with Crippen LogP contribution in [0.3, 0.4) is 0 Å². The molecule has 0 radical (unpaired) electrons. The molecule has 2 heterocycles. The molecule has 0 bridgehead atoms. The molecule has 1 aliphatic heterocycles. The van der Waals surface area contributed by atoms with Gasteiger partial charge in [0.25, 0.3) is 0 Å². The highest BCUT2D eigenvalue weighted by molar-refractivity contribution is 7.11. The fraction of sp³-hybridized carbons (Fsp3) is 0.0526. The Bertz CT molecular complexity index is 1070. The van der Waals surface area contributed by atoms with E-state index in [4.69, 9.17) is 32.7 Å². The number of fused-ring (bicyclic) bond motifs is 1. The van der Waals surface area contributed by atoms with Crippen LogP contribution in [-0.4, -0.2) is 11.8 Å². The largest absolute Gasteiger partial charge is 0.454 e. The van der Waals surface area contributed by atoms with Gasteiger partial charge in [-0.1, -0.05) is 35.3 Å². The Morgan fingerprint density at radius 2 is 2.04 bits per heavy atom. The van der Waals surface area contributed by atoms with Gasteiger partial charge in [0.15, 0.2) is 11.5 Å². The topological polar surface area (TPSA) is 55.1 Å². The van der Waals surface area contributed by atoms with Crippen molar-refractivity contribution in [3.63, 3.8) is 0 Å². The first-order valence-corrected chi connectivity index (χ1v) is 9.21. The number of benzene rings is 2. The Labute approximate surface area is 163 Å². The summed E-state index contributed by atoms with van der Waals surface area (Å²) in [6.07, 6.45) is 1.69. The number of nitrogens with zero attached hydrogens (tertiary/aromatic N) is 2. The molecule has 0 saturated heterocycles. The second kappa shape index (κ2) is 7.00. The molecule has 26 heavy (non-hydrogen) atoms. The molecule has 2 aromatic carbocycles. The van der Waals surface area contributed by atoms with Crippen molar-refractivity contribution >= 4 is 46.2 Å². The van der Waals surface area contributed by atoms with E-state index in [9.17, 15) is 5.26 Å². The van der Waals surface area contributed by atoms with E-state index in [0.29, 0.717) is 31.9 Å². The van der Waals surface area contributed by atoms with Crippen LogP contribution in [-0.2, 0) is 0 Å². The van der Waals surface area contributed by atoms with Crippen LogP contribution in [0.2, 0.25) is 10.0 Å². The number of allylic oxidation sites excluding steroid dienone is 1. The van der Waals surface area contributed by atoms with Crippen LogP contribution in [0.5, 0.6) is 11.5 Å². The Hall–Kier alpha value is -2.52. The van der Waals surface area contributed by atoms with E-state index in [1.54, 1.807) is 24.3 Å². The van der Waals surface area contributed by atoms with Gasteiger partial charge < -0.3 is 9.47 Å². The third-order valence-corrected chi connectivity index (χ3v) is 5.51. The molecule has 128 valence electrons. The summed E-state index contributed by atoms with van der Waals surface area (Å²) in [6.45, 7) is 0.225. The molecule has 3 aromatic rings. The van der Waals surface area contributed by atoms with Crippen LogP contribution in [0.25, 0.3) is 22.9 Å². The van der Waals surface area contributed by atoms with Gasteiger partial charge in [0.1, 0.15) is 11.1 Å². The minimum atomic E-state index is 0.225. The minimum absolute atomic E-state index is 0.225. The van der Waals surface area contributed by atoms with Gasteiger partial charge >= 0.3 is 0 Å². The first-order valence-electron chi connectivity index (χ1n) is 7.57. The lowest BCUT2D eigenvalue weighted by Crippen LogP contribution is -1.92. The monoisotopic (exact) mass is 400 g/mol. The van der Waals surface area contributed by atoms with Crippen LogP contribution in [0, 0.1) is 11.3 Å². The maximum Gasteiger partial charge on any atom is 0.231 e. The molecular formula is C19H10Cl2N2O2S. The van der Waals surface area contributed by atoms with Crippen molar-refractivity contribution in [2.75, 3.05) is 6.79 Å². The number of aromatic nitrogens is 1. The van der Waals surface area contributed by atoms with Gasteiger partial charge in [-0.15, -0.1) is 11.3 Å². The number of nitriles is 1. The smallest absolute Gasteiger partial charge is 0.231 e. The maximum atomic E-state index is 9.54. The van der Waals surface area contributed by atoms with Crippen molar-refractivity contribution in [1.29, 1.82) is 5.26 Å². The van der Waals surface area contributed by atoms with E-state index in [-0.39, 0.29) is 6.79 Å². The van der Waals surface area contributed by atoms with Crippen LogP contribution < -0.4 is 9.47 Å². The molecule has 1 aliphatic rings. The molecule has 1 aromatic heterocycles. The molecular weight excluding hydrogens is 391 g/mol. The summed E-state index contributed by atoms with van der Waals surface area (Å²) in [5.41, 5.74) is 2.76. The lowest BCUT2D eigenvalue weighted by Gasteiger charge is -2.01. The molecule has 4 nitrogen and oxygen atoms in total. The van der Waals surface area contributed by atoms with Crippen LogP contribution in [0.1, 0.15) is 10.6 Å². The molecule has 0 amide bonds. The average Bonchev–Trinajstić information content (AvgIpc) is 3.31. The third-order valence-electron chi connectivity index (χ3n) is 3.80. The van der Waals surface area contributed by atoms with E-state index < -0.39 is 0 Å². The summed E-state index contributed by atoms with van der Waals surface area (Å²) in [5, 5.41) is 12.9. The highest BCUT2D eigenvalue weighted by Crippen LogP contribution is 2.37. The Balaban J connectivity index is 1.69. The molecule has 0 saturated carbocycles. The predicted molar refractivity (Wildman–Crippen MR) is 104 cm³/mol. The number of hydrogen-bond acceptors (Lipinski definition) is 5. The zero-order valence-electron chi connectivity index (χ0n) is 13.2. The number of rotatable bonds is 3. The molecule has 0 spiro atoms. The van der Waals surface area contributed by atoms with Gasteiger partial charge in [-0.3, -0.25) is 0 Å². The van der Waals surface area contributed by atoms with Gasteiger partial charge in [0, 0.05) is 10.9 Å². The van der Waals surface area contributed by atoms with Crippen molar-refractivity contribution in [2.24, 2.45) is 0 Å². The lowest BCUT2D eigenvalue weighted by molar-refractivity contribution is 0.174. The van der Waals surface area contributed by atoms with Crippen molar-refractivity contribution in [3.05, 3.63) is 62.4 Å². The van der Waals surface area contributed by atoms with Gasteiger partial charge in [-0.05, 0) is 35.9 Å². The Morgan fingerprint density at radius 3 is 2.88 bits per heavy atom. The van der Waals surface area contributed by atoms with Crippen LogP contribution in [0.15, 0.2) is 41.8 Å². The molecule has 0 unspecified atom stereocenters. The van der Waals surface area contributed by atoms with Crippen LogP contribution in [0.4, 0.5) is 0 Å². The number of ether oxygens (including phenoxy) is 2. The molecule has 0 aliphatic carbocycles. The van der Waals surface area contributed by atoms with Gasteiger partial charge in [-0.2, -0.15) is 5.26 Å². The summed E-state index contributed by atoms with van der Waals surface area (Å²) in [7, 11) is 0. The average molecular weight is 401 g/mol. The first kappa shape index (κ1) is 16.9. The highest BCUT2D eigenvalue weighted by Gasteiger charge is 2.16. The summed E-state index contributed by atoms with van der Waals surface area (Å²) in [5.74, 6) is 1.41. The van der Waals surface area contributed by atoms with Crippen molar-refractivity contribution in [3.8, 4) is 28.8 Å². The third kappa shape index (κ3) is 3.15. The maximum absolute atomic E-state index is 9.54. The molecule has 0 fully saturated rings. The zero-order chi connectivity index (χ0) is 18.1.